The number of nitrogens with zero attached hydrogens (tertiary/aromatic N) is 1. The van der Waals surface area contributed by atoms with Crippen molar-refractivity contribution < 1.29 is 26.8 Å². The summed E-state index contributed by atoms with van der Waals surface area (Å²) in [4.78, 5) is 16.3. The summed E-state index contributed by atoms with van der Waals surface area (Å²) in [5.74, 6) is -0.601. The lowest BCUT2D eigenvalue weighted by atomic mass is 9.79. The highest BCUT2D eigenvalue weighted by molar-refractivity contribution is 9.10. The SMILES string of the molecule is CCOC(=O)c1coc([C@@]2(Cc3ccc(F)c(Br)c3)CC[C@H](NS(C)(=O)=O)C2)n1. The van der Waals surface area contributed by atoms with E-state index in [1.807, 2.05) is 0 Å². The van der Waals surface area contributed by atoms with E-state index in [0.29, 0.717) is 36.0 Å². The van der Waals surface area contributed by atoms with Crippen molar-refractivity contribution in [2.24, 2.45) is 0 Å². The van der Waals surface area contributed by atoms with Crippen LogP contribution in [0.2, 0.25) is 0 Å². The first kappa shape index (κ1) is 21.9. The highest BCUT2D eigenvalue weighted by atomic mass is 79.9. The minimum atomic E-state index is -3.37. The number of carbonyl (C=O) groups is 1. The van der Waals surface area contributed by atoms with Crippen LogP contribution < -0.4 is 4.72 Å². The minimum absolute atomic E-state index is 0.0704. The Kier molecular flexibility index (Phi) is 6.45. The summed E-state index contributed by atoms with van der Waals surface area (Å²) in [5.41, 5.74) is 0.278. The molecule has 29 heavy (non-hydrogen) atoms. The number of hydrogen-bond donors (Lipinski definition) is 1. The molecule has 1 aromatic carbocycles. The monoisotopic (exact) mass is 488 g/mol. The van der Waals surface area contributed by atoms with Crippen LogP contribution in [0.4, 0.5) is 4.39 Å². The average molecular weight is 489 g/mol. The summed E-state index contributed by atoms with van der Waals surface area (Å²) in [6.45, 7) is 1.92. The number of rotatable bonds is 7. The van der Waals surface area contributed by atoms with E-state index in [0.717, 1.165) is 11.8 Å². The molecule has 158 valence electrons. The molecule has 0 unspecified atom stereocenters. The third-order valence-electron chi connectivity index (χ3n) is 4.96. The second kappa shape index (κ2) is 8.53. The number of halogens is 2. The summed E-state index contributed by atoms with van der Waals surface area (Å²) in [6.07, 6.45) is 4.46. The zero-order valence-electron chi connectivity index (χ0n) is 16.1. The molecule has 1 aliphatic rings. The Morgan fingerprint density at radius 1 is 1.48 bits per heavy atom. The molecule has 2 atom stereocenters. The van der Waals surface area contributed by atoms with Crippen molar-refractivity contribution in [1.29, 1.82) is 0 Å². The molecule has 0 bridgehead atoms. The number of hydrogen-bond acceptors (Lipinski definition) is 6. The predicted octanol–water partition coefficient (Wildman–Crippen LogP) is 3.34. The molecular weight excluding hydrogens is 467 g/mol. The molecule has 1 aromatic heterocycles. The van der Waals surface area contributed by atoms with Gasteiger partial charge >= 0.3 is 5.97 Å². The maximum Gasteiger partial charge on any atom is 0.360 e. The van der Waals surface area contributed by atoms with Crippen LogP contribution in [0.3, 0.4) is 0 Å². The summed E-state index contributed by atoms with van der Waals surface area (Å²) < 4.78 is 50.6. The number of ether oxygens (including phenoxy) is 1. The third kappa shape index (κ3) is 5.23. The van der Waals surface area contributed by atoms with Crippen LogP contribution in [0.1, 0.15) is 48.1 Å². The Morgan fingerprint density at radius 2 is 2.24 bits per heavy atom. The zero-order chi connectivity index (χ0) is 21.2. The molecule has 0 spiro atoms. The molecule has 3 rings (SSSR count). The van der Waals surface area contributed by atoms with Gasteiger partial charge in [0.15, 0.2) is 5.69 Å². The third-order valence-corrected chi connectivity index (χ3v) is 6.33. The lowest BCUT2D eigenvalue weighted by molar-refractivity contribution is 0.0519. The Bertz CT molecular complexity index is 1010. The van der Waals surface area contributed by atoms with Gasteiger partial charge in [-0.25, -0.2) is 27.3 Å². The topological polar surface area (TPSA) is 98.5 Å². The van der Waals surface area contributed by atoms with E-state index >= 15 is 0 Å². The van der Waals surface area contributed by atoms with Crippen molar-refractivity contribution in [3.8, 4) is 0 Å². The van der Waals surface area contributed by atoms with Crippen LogP contribution in [0.5, 0.6) is 0 Å². The van der Waals surface area contributed by atoms with Gasteiger partial charge in [-0.2, -0.15) is 0 Å². The van der Waals surface area contributed by atoms with Crippen molar-refractivity contribution in [3.63, 3.8) is 0 Å². The normalized spacial score (nSPS) is 22.0. The number of esters is 1. The minimum Gasteiger partial charge on any atom is -0.461 e. The average Bonchev–Trinajstić information content (AvgIpc) is 3.25. The van der Waals surface area contributed by atoms with Crippen molar-refractivity contribution in [3.05, 3.63) is 51.9 Å². The van der Waals surface area contributed by atoms with E-state index in [9.17, 15) is 17.6 Å². The molecule has 1 aliphatic carbocycles. The molecule has 10 heteroatoms. The maximum absolute atomic E-state index is 13.6. The van der Waals surface area contributed by atoms with Gasteiger partial charge in [-0.1, -0.05) is 6.07 Å². The smallest absolute Gasteiger partial charge is 0.360 e. The number of nitrogens with one attached hydrogen (secondary N) is 1. The van der Waals surface area contributed by atoms with E-state index in [2.05, 4.69) is 25.6 Å². The van der Waals surface area contributed by atoms with Crippen LogP contribution in [-0.4, -0.2) is 38.3 Å². The van der Waals surface area contributed by atoms with E-state index in [-0.39, 0.29) is 24.2 Å². The summed E-state index contributed by atoms with van der Waals surface area (Å²) in [7, 11) is -3.37. The van der Waals surface area contributed by atoms with Crippen LogP contribution in [-0.2, 0) is 26.6 Å². The lowest BCUT2D eigenvalue weighted by Crippen LogP contribution is -2.35. The first-order chi connectivity index (χ1) is 13.6. The van der Waals surface area contributed by atoms with Crippen molar-refractivity contribution >= 4 is 31.9 Å². The van der Waals surface area contributed by atoms with Gasteiger partial charge in [-0.15, -0.1) is 0 Å². The Labute approximate surface area is 177 Å². The summed E-state index contributed by atoms with van der Waals surface area (Å²) in [5, 5.41) is 0. The van der Waals surface area contributed by atoms with Crippen molar-refractivity contribution in [2.75, 3.05) is 12.9 Å². The molecule has 1 saturated carbocycles. The number of sulfonamides is 1. The Balaban J connectivity index is 1.94. The summed E-state index contributed by atoms with van der Waals surface area (Å²) >= 11 is 3.19. The van der Waals surface area contributed by atoms with Gasteiger partial charge in [0, 0.05) is 6.04 Å². The second-order valence-corrected chi connectivity index (χ2v) is 9.93. The van der Waals surface area contributed by atoms with Crippen LogP contribution >= 0.6 is 15.9 Å². The molecule has 2 aromatic rings. The largest absolute Gasteiger partial charge is 0.461 e. The molecular formula is C19H22BrFN2O5S. The first-order valence-electron chi connectivity index (χ1n) is 9.16. The highest BCUT2D eigenvalue weighted by Gasteiger charge is 2.45. The van der Waals surface area contributed by atoms with Crippen LogP contribution in [0.15, 0.2) is 33.4 Å². The van der Waals surface area contributed by atoms with Gasteiger partial charge in [0.1, 0.15) is 12.1 Å². The molecule has 0 saturated heterocycles. The fraction of sp³-hybridized carbons (Fsp3) is 0.474. The standard InChI is InChI=1S/C19H22BrFN2O5S/c1-3-27-17(24)16-11-28-18(22-16)19(7-6-13(10-19)23-29(2,25)26)9-12-4-5-15(21)14(20)8-12/h4-5,8,11,13,23H,3,6-7,9-10H2,1-2H3/t13-,19+/m0/s1. The molecule has 1 N–H and O–H groups in total. The molecule has 0 aliphatic heterocycles. The first-order valence-corrected chi connectivity index (χ1v) is 11.8. The molecule has 1 heterocycles. The summed E-state index contributed by atoms with van der Waals surface area (Å²) in [6, 6.07) is 4.44. The fourth-order valence-corrected chi connectivity index (χ4v) is 5.05. The molecule has 1 fully saturated rings. The predicted molar refractivity (Wildman–Crippen MR) is 108 cm³/mol. The molecule has 0 radical (unpaired) electrons. The molecule has 0 amide bonds. The number of oxazole rings is 1. The van der Waals surface area contributed by atoms with Crippen molar-refractivity contribution in [1.82, 2.24) is 9.71 Å². The molecule has 7 nitrogen and oxygen atoms in total. The van der Waals surface area contributed by atoms with Gasteiger partial charge in [-0.3, -0.25) is 0 Å². The van der Waals surface area contributed by atoms with E-state index in [1.54, 1.807) is 19.1 Å². The quantitative estimate of drug-likeness (QED) is 0.600. The van der Waals surface area contributed by atoms with Crippen molar-refractivity contribution in [2.45, 2.75) is 44.1 Å². The second-order valence-electron chi connectivity index (χ2n) is 7.29. The fourth-order valence-electron chi connectivity index (χ4n) is 3.82. The van der Waals surface area contributed by atoms with Crippen LogP contribution in [0.25, 0.3) is 0 Å². The van der Waals surface area contributed by atoms with Gasteiger partial charge in [-0.05, 0) is 66.2 Å². The van der Waals surface area contributed by atoms with Gasteiger partial charge < -0.3 is 9.15 Å². The van der Waals surface area contributed by atoms with E-state index in [1.165, 1.54) is 12.3 Å². The number of aromatic nitrogens is 1. The van der Waals surface area contributed by atoms with Crippen LogP contribution in [0, 0.1) is 5.82 Å². The Morgan fingerprint density at radius 3 is 2.90 bits per heavy atom. The van der Waals surface area contributed by atoms with Gasteiger partial charge in [0.25, 0.3) is 0 Å². The zero-order valence-corrected chi connectivity index (χ0v) is 18.5. The lowest BCUT2D eigenvalue weighted by Gasteiger charge is -2.26. The highest BCUT2D eigenvalue weighted by Crippen LogP contribution is 2.44. The van der Waals surface area contributed by atoms with E-state index < -0.39 is 21.4 Å². The van der Waals surface area contributed by atoms with Gasteiger partial charge in [0.05, 0.1) is 22.8 Å². The van der Waals surface area contributed by atoms with E-state index in [4.69, 9.17) is 9.15 Å². The number of benzene rings is 1. The maximum atomic E-state index is 13.6. The Hall–Kier alpha value is -1.78. The number of carbonyl (C=O) groups excluding carboxylic acids is 1. The van der Waals surface area contributed by atoms with Gasteiger partial charge in [0.2, 0.25) is 15.9 Å².